The van der Waals surface area contributed by atoms with Crippen LogP contribution in [-0.2, 0) is 6.42 Å². The number of hydrogen-bond acceptors (Lipinski definition) is 4. The van der Waals surface area contributed by atoms with Gasteiger partial charge in [-0.25, -0.2) is 0 Å². The van der Waals surface area contributed by atoms with Crippen LogP contribution in [0.25, 0.3) is 0 Å². The molecular formula is C15H25N3O. The Labute approximate surface area is 116 Å². The van der Waals surface area contributed by atoms with E-state index in [1.54, 1.807) is 7.11 Å². The van der Waals surface area contributed by atoms with Crippen LogP contribution in [0.1, 0.15) is 5.56 Å². The quantitative estimate of drug-likeness (QED) is 0.742. The van der Waals surface area contributed by atoms with Crippen LogP contribution in [0.15, 0.2) is 24.3 Å². The van der Waals surface area contributed by atoms with Crippen LogP contribution in [0.3, 0.4) is 0 Å². The van der Waals surface area contributed by atoms with Gasteiger partial charge in [-0.15, -0.1) is 0 Å². The number of piperazine rings is 1. The lowest BCUT2D eigenvalue weighted by Crippen LogP contribution is -2.53. The van der Waals surface area contributed by atoms with Crippen LogP contribution in [0.4, 0.5) is 0 Å². The minimum Gasteiger partial charge on any atom is -0.496 e. The largest absolute Gasteiger partial charge is 0.496 e. The van der Waals surface area contributed by atoms with Crippen molar-refractivity contribution in [3.63, 3.8) is 0 Å². The Morgan fingerprint density at radius 2 is 2.26 bits per heavy atom. The van der Waals surface area contributed by atoms with Gasteiger partial charge in [0, 0.05) is 32.2 Å². The van der Waals surface area contributed by atoms with Crippen molar-refractivity contribution >= 4 is 0 Å². The molecule has 2 N–H and O–H groups in total. The molecule has 1 saturated heterocycles. The molecular weight excluding hydrogens is 238 g/mol. The van der Waals surface area contributed by atoms with E-state index < -0.39 is 0 Å². The maximum Gasteiger partial charge on any atom is 0.122 e. The van der Waals surface area contributed by atoms with Crippen molar-refractivity contribution in [2.75, 3.05) is 46.9 Å². The monoisotopic (exact) mass is 263 g/mol. The van der Waals surface area contributed by atoms with Gasteiger partial charge in [0.25, 0.3) is 0 Å². The topological polar surface area (TPSA) is 36.5 Å². The molecule has 1 aliphatic heterocycles. The minimum atomic E-state index is 0.566. The van der Waals surface area contributed by atoms with E-state index in [9.17, 15) is 0 Å². The van der Waals surface area contributed by atoms with E-state index in [0.717, 1.165) is 44.9 Å². The van der Waals surface area contributed by atoms with E-state index in [4.69, 9.17) is 4.74 Å². The van der Waals surface area contributed by atoms with Gasteiger partial charge in [-0.2, -0.15) is 0 Å². The second-order valence-electron chi connectivity index (χ2n) is 5.18. The second-order valence-corrected chi connectivity index (χ2v) is 5.18. The molecule has 0 bridgehead atoms. The first-order valence-corrected chi connectivity index (χ1v) is 7.04. The number of rotatable bonds is 6. The molecule has 106 valence electrons. The van der Waals surface area contributed by atoms with Crippen molar-refractivity contribution in [2.45, 2.75) is 12.5 Å². The Morgan fingerprint density at radius 1 is 1.42 bits per heavy atom. The molecule has 0 aromatic heterocycles. The van der Waals surface area contributed by atoms with Crippen molar-refractivity contribution in [3.8, 4) is 5.75 Å². The Balaban J connectivity index is 1.69. The predicted octanol–water partition coefficient (Wildman–Crippen LogP) is 0.731. The SMILES string of the molecule is COc1ccccc1CCNCC1CN(C)CCN1. The summed E-state index contributed by atoms with van der Waals surface area (Å²) in [7, 11) is 3.91. The van der Waals surface area contributed by atoms with Crippen LogP contribution in [0.2, 0.25) is 0 Å². The Hall–Kier alpha value is -1.10. The van der Waals surface area contributed by atoms with Crippen molar-refractivity contribution in [2.24, 2.45) is 0 Å². The number of nitrogens with one attached hydrogen (secondary N) is 2. The molecule has 1 unspecified atom stereocenters. The van der Waals surface area contributed by atoms with E-state index in [-0.39, 0.29) is 0 Å². The van der Waals surface area contributed by atoms with Gasteiger partial charge in [0.05, 0.1) is 7.11 Å². The van der Waals surface area contributed by atoms with Crippen LogP contribution in [-0.4, -0.2) is 57.8 Å². The van der Waals surface area contributed by atoms with Crippen molar-refractivity contribution < 1.29 is 4.74 Å². The molecule has 0 spiro atoms. The van der Waals surface area contributed by atoms with E-state index in [0.29, 0.717) is 6.04 Å². The molecule has 1 atom stereocenters. The van der Waals surface area contributed by atoms with Gasteiger partial charge in [-0.05, 0) is 31.6 Å². The molecule has 1 fully saturated rings. The number of benzene rings is 1. The smallest absolute Gasteiger partial charge is 0.122 e. The summed E-state index contributed by atoms with van der Waals surface area (Å²) in [6, 6.07) is 8.80. The number of likely N-dealkylation sites (N-methyl/N-ethyl adjacent to an activating group) is 1. The number of methoxy groups -OCH3 is 1. The van der Waals surface area contributed by atoms with Gasteiger partial charge in [0.2, 0.25) is 0 Å². The van der Waals surface area contributed by atoms with Gasteiger partial charge in [-0.3, -0.25) is 0 Å². The van der Waals surface area contributed by atoms with Crippen LogP contribution >= 0.6 is 0 Å². The lowest BCUT2D eigenvalue weighted by atomic mass is 10.1. The zero-order valence-corrected chi connectivity index (χ0v) is 12.0. The molecule has 1 aromatic rings. The number of para-hydroxylation sites is 1. The molecule has 1 aromatic carbocycles. The molecule has 4 nitrogen and oxygen atoms in total. The molecule has 1 heterocycles. The van der Waals surface area contributed by atoms with Gasteiger partial charge in [-0.1, -0.05) is 18.2 Å². The first-order valence-electron chi connectivity index (χ1n) is 7.04. The fourth-order valence-electron chi connectivity index (χ4n) is 2.54. The third kappa shape index (κ3) is 4.49. The van der Waals surface area contributed by atoms with E-state index in [1.807, 2.05) is 12.1 Å². The number of nitrogens with zero attached hydrogens (tertiary/aromatic N) is 1. The molecule has 0 aliphatic carbocycles. The summed E-state index contributed by atoms with van der Waals surface area (Å²) < 4.78 is 5.36. The standard InChI is InChI=1S/C15H25N3O/c1-18-10-9-17-14(12-18)11-16-8-7-13-5-3-4-6-15(13)19-2/h3-6,14,16-17H,7-12H2,1-2H3. The van der Waals surface area contributed by atoms with Crippen LogP contribution < -0.4 is 15.4 Å². The third-order valence-electron chi connectivity index (χ3n) is 3.61. The molecule has 0 amide bonds. The lowest BCUT2D eigenvalue weighted by Gasteiger charge is -2.31. The summed E-state index contributed by atoms with van der Waals surface area (Å²) in [4.78, 5) is 2.38. The van der Waals surface area contributed by atoms with Gasteiger partial charge >= 0.3 is 0 Å². The zero-order chi connectivity index (χ0) is 13.5. The molecule has 4 heteroatoms. The van der Waals surface area contributed by atoms with Crippen LogP contribution in [0, 0.1) is 0 Å². The van der Waals surface area contributed by atoms with E-state index in [2.05, 4.69) is 34.7 Å². The fourth-order valence-corrected chi connectivity index (χ4v) is 2.54. The second kappa shape index (κ2) is 7.48. The summed E-state index contributed by atoms with van der Waals surface area (Å²) in [5.74, 6) is 0.986. The first-order chi connectivity index (χ1) is 9.29. The summed E-state index contributed by atoms with van der Waals surface area (Å²) in [5.41, 5.74) is 1.27. The average Bonchev–Trinajstić information content (AvgIpc) is 2.44. The first kappa shape index (κ1) is 14.3. The van der Waals surface area contributed by atoms with Gasteiger partial charge < -0.3 is 20.3 Å². The molecule has 1 aliphatic rings. The van der Waals surface area contributed by atoms with Crippen molar-refractivity contribution in [1.82, 2.24) is 15.5 Å². The fraction of sp³-hybridized carbons (Fsp3) is 0.600. The van der Waals surface area contributed by atoms with Gasteiger partial charge in [0.15, 0.2) is 0 Å². The van der Waals surface area contributed by atoms with Crippen molar-refractivity contribution in [3.05, 3.63) is 29.8 Å². The highest BCUT2D eigenvalue weighted by molar-refractivity contribution is 5.33. The van der Waals surface area contributed by atoms with Gasteiger partial charge in [0.1, 0.15) is 5.75 Å². The summed E-state index contributed by atoms with van der Waals surface area (Å²) in [5, 5.41) is 7.07. The molecule has 0 radical (unpaired) electrons. The lowest BCUT2D eigenvalue weighted by molar-refractivity contribution is 0.235. The maximum atomic E-state index is 5.36. The highest BCUT2D eigenvalue weighted by Crippen LogP contribution is 2.17. The van der Waals surface area contributed by atoms with Crippen molar-refractivity contribution in [1.29, 1.82) is 0 Å². The molecule has 19 heavy (non-hydrogen) atoms. The molecule has 2 rings (SSSR count). The predicted molar refractivity (Wildman–Crippen MR) is 78.9 cm³/mol. The number of hydrogen-bond donors (Lipinski definition) is 2. The maximum absolute atomic E-state index is 5.36. The minimum absolute atomic E-state index is 0.566. The Kier molecular flexibility index (Phi) is 5.63. The van der Waals surface area contributed by atoms with E-state index >= 15 is 0 Å². The summed E-state index contributed by atoms with van der Waals surface area (Å²) >= 11 is 0. The average molecular weight is 263 g/mol. The zero-order valence-electron chi connectivity index (χ0n) is 12.0. The Bertz CT molecular complexity index is 383. The summed E-state index contributed by atoms with van der Waals surface area (Å²) in [6.07, 6.45) is 1.01. The van der Waals surface area contributed by atoms with Crippen LogP contribution in [0.5, 0.6) is 5.75 Å². The Morgan fingerprint density at radius 3 is 3.05 bits per heavy atom. The summed E-state index contributed by atoms with van der Waals surface area (Å²) in [6.45, 7) is 5.39. The number of ether oxygens (including phenoxy) is 1. The molecule has 0 saturated carbocycles. The normalized spacial score (nSPS) is 20.4. The van der Waals surface area contributed by atoms with E-state index in [1.165, 1.54) is 5.56 Å². The third-order valence-corrected chi connectivity index (χ3v) is 3.61. The highest BCUT2D eigenvalue weighted by Gasteiger charge is 2.15. The highest BCUT2D eigenvalue weighted by atomic mass is 16.5.